The number of alkyl halides is 3. The second-order valence-electron chi connectivity index (χ2n) is 8.89. The van der Waals surface area contributed by atoms with E-state index >= 15 is 0 Å². The van der Waals surface area contributed by atoms with E-state index in [1.807, 2.05) is 43.1 Å². The molecule has 3 heterocycles. The van der Waals surface area contributed by atoms with Crippen molar-refractivity contribution >= 4 is 11.7 Å². The van der Waals surface area contributed by atoms with Crippen molar-refractivity contribution in [2.45, 2.75) is 38.9 Å². The van der Waals surface area contributed by atoms with Crippen molar-refractivity contribution in [1.82, 2.24) is 19.7 Å². The standard InChI is InChI=1S/C25H28F3N5O/c1-16-6-8-19(21-10-11-31-32(21)3)20(13-16)24(34)33-12-4-5-17(2)22(33)15-30-23-9-7-18(14-29-23)25(26,27)28/h6-11,13-14,17,22H,4-5,12,15H2,1-3H3,(H,29,30). The van der Waals surface area contributed by atoms with Crippen LogP contribution in [0.1, 0.15) is 41.3 Å². The third-order valence-corrected chi connectivity index (χ3v) is 6.46. The first kappa shape index (κ1) is 23.8. The van der Waals surface area contributed by atoms with E-state index in [2.05, 4.69) is 22.3 Å². The fourth-order valence-corrected chi connectivity index (χ4v) is 4.54. The first-order valence-electron chi connectivity index (χ1n) is 11.3. The minimum Gasteiger partial charge on any atom is -0.368 e. The number of amides is 1. The number of carbonyl (C=O) groups excluding carboxylic acids is 1. The van der Waals surface area contributed by atoms with Crippen molar-refractivity contribution in [2.75, 3.05) is 18.4 Å². The molecule has 1 amide bonds. The van der Waals surface area contributed by atoms with Gasteiger partial charge in [0.05, 0.1) is 17.3 Å². The van der Waals surface area contributed by atoms with Gasteiger partial charge in [-0.3, -0.25) is 9.48 Å². The Balaban J connectivity index is 1.58. The summed E-state index contributed by atoms with van der Waals surface area (Å²) < 4.78 is 40.2. The second-order valence-corrected chi connectivity index (χ2v) is 8.89. The van der Waals surface area contributed by atoms with Gasteiger partial charge in [-0.05, 0) is 49.9 Å². The molecular formula is C25H28F3N5O. The molecule has 0 saturated carbocycles. The Morgan fingerprint density at radius 2 is 2.00 bits per heavy atom. The maximum absolute atomic E-state index is 13.8. The molecule has 0 spiro atoms. The molecule has 2 aromatic heterocycles. The lowest BCUT2D eigenvalue weighted by molar-refractivity contribution is -0.137. The Morgan fingerprint density at radius 1 is 1.21 bits per heavy atom. The summed E-state index contributed by atoms with van der Waals surface area (Å²) in [4.78, 5) is 19.6. The summed E-state index contributed by atoms with van der Waals surface area (Å²) in [7, 11) is 1.84. The number of aryl methyl sites for hydroxylation is 2. The average Bonchev–Trinajstić information content (AvgIpc) is 3.23. The van der Waals surface area contributed by atoms with Crippen molar-refractivity contribution in [1.29, 1.82) is 0 Å². The van der Waals surface area contributed by atoms with Crippen LogP contribution in [0.3, 0.4) is 0 Å². The number of hydrogen-bond acceptors (Lipinski definition) is 4. The third-order valence-electron chi connectivity index (χ3n) is 6.46. The van der Waals surface area contributed by atoms with Crippen LogP contribution in [0.4, 0.5) is 19.0 Å². The van der Waals surface area contributed by atoms with E-state index in [1.165, 1.54) is 6.07 Å². The molecule has 180 valence electrons. The number of nitrogens with one attached hydrogen (secondary N) is 1. The van der Waals surface area contributed by atoms with E-state index in [4.69, 9.17) is 0 Å². The molecule has 1 aliphatic heterocycles. The van der Waals surface area contributed by atoms with Gasteiger partial charge in [0.2, 0.25) is 0 Å². The van der Waals surface area contributed by atoms with E-state index in [0.29, 0.717) is 24.5 Å². The van der Waals surface area contributed by atoms with Gasteiger partial charge in [-0.25, -0.2) is 4.98 Å². The molecule has 6 nitrogen and oxygen atoms in total. The number of halogens is 3. The van der Waals surface area contributed by atoms with E-state index in [1.54, 1.807) is 10.9 Å². The molecule has 0 aliphatic carbocycles. The SMILES string of the molecule is Cc1ccc(-c2ccnn2C)c(C(=O)N2CCCC(C)C2CNc2ccc(C(F)(F)F)cn2)c1. The van der Waals surface area contributed by atoms with Crippen LogP contribution >= 0.6 is 0 Å². The summed E-state index contributed by atoms with van der Waals surface area (Å²) >= 11 is 0. The summed E-state index contributed by atoms with van der Waals surface area (Å²) in [5.41, 5.74) is 2.50. The smallest absolute Gasteiger partial charge is 0.368 e. The maximum Gasteiger partial charge on any atom is 0.417 e. The van der Waals surface area contributed by atoms with Crippen LogP contribution in [-0.2, 0) is 13.2 Å². The fourth-order valence-electron chi connectivity index (χ4n) is 4.54. The predicted molar refractivity (Wildman–Crippen MR) is 124 cm³/mol. The number of hydrogen-bond donors (Lipinski definition) is 1. The highest BCUT2D eigenvalue weighted by molar-refractivity contribution is 6.01. The number of benzene rings is 1. The fraction of sp³-hybridized carbons (Fsp3) is 0.400. The van der Waals surface area contributed by atoms with Gasteiger partial charge < -0.3 is 10.2 Å². The van der Waals surface area contributed by atoms with Crippen LogP contribution in [0, 0.1) is 12.8 Å². The Kier molecular flexibility index (Phi) is 6.63. The largest absolute Gasteiger partial charge is 0.417 e. The van der Waals surface area contributed by atoms with Crippen LogP contribution in [0.15, 0.2) is 48.8 Å². The zero-order chi connectivity index (χ0) is 24.5. The van der Waals surface area contributed by atoms with Gasteiger partial charge in [-0.2, -0.15) is 18.3 Å². The minimum absolute atomic E-state index is 0.0568. The van der Waals surface area contributed by atoms with Gasteiger partial charge in [0.15, 0.2) is 0 Å². The molecule has 1 N–H and O–H groups in total. The lowest BCUT2D eigenvalue weighted by Gasteiger charge is -2.40. The number of piperidine rings is 1. The van der Waals surface area contributed by atoms with Crippen LogP contribution in [0.25, 0.3) is 11.3 Å². The number of rotatable bonds is 5. The quantitative estimate of drug-likeness (QED) is 0.558. The van der Waals surface area contributed by atoms with Gasteiger partial charge in [0.1, 0.15) is 5.82 Å². The highest BCUT2D eigenvalue weighted by atomic mass is 19.4. The summed E-state index contributed by atoms with van der Waals surface area (Å²) in [6.07, 6.45) is -0.0293. The highest BCUT2D eigenvalue weighted by Gasteiger charge is 2.34. The van der Waals surface area contributed by atoms with Crippen molar-refractivity contribution in [3.8, 4) is 11.3 Å². The first-order chi connectivity index (χ1) is 16.1. The van der Waals surface area contributed by atoms with Crippen LogP contribution in [-0.4, -0.2) is 44.7 Å². The summed E-state index contributed by atoms with van der Waals surface area (Å²) in [6, 6.07) is 9.94. The van der Waals surface area contributed by atoms with Crippen molar-refractivity contribution in [2.24, 2.45) is 13.0 Å². The molecule has 9 heteroatoms. The lowest BCUT2D eigenvalue weighted by Crippen LogP contribution is -2.51. The second kappa shape index (κ2) is 9.48. The zero-order valence-electron chi connectivity index (χ0n) is 19.4. The summed E-state index contributed by atoms with van der Waals surface area (Å²) in [5, 5.41) is 7.38. The van der Waals surface area contributed by atoms with Crippen molar-refractivity contribution in [3.05, 3.63) is 65.5 Å². The number of pyridine rings is 1. The van der Waals surface area contributed by atoms with E-state index < -0.39 is 11.7 Å². The first-order valence-corrected chi connectivity index (χ1v) is 11.3. The lowest BCUT2D eigenvalue weighted by atomic mass is 9.89. The maximum atomic E-state index is 13.8. The van der Waals surface area contributed by atoms with E-state index in [-0.39, 0.29) is 17.9 Å². The Bertz CT molecular complexity index is 1160. The molecule has 2 unspecified atom stereocenters. The molecule has 34 heavy (non-hydrogen) atoms. The average molecular weight is 472 g/mol. The zero-order valence-corrected chi connectivity index (χ0v) is 19.4. The van der Waals surface area contributed by atoms with Gasteiger partial charge in [-0.15, -0.1) is 0 Å². The van der Waals surface area contributed by atoms with Gasteiger partial charge in [0, 0.05) is 43.7 Å². The molecule has 0 bridgehead atoms. The molecule has 1 saturated heterocycles. The molecular weight excluding hydrogens is 443 g/mol. The molecule has 1 aromatic carbocycles. The van der Waals surface area contributed by atoms with Crippen LogP contribution < -0.4 is 5.32 Å². The summed E-state index contributed by atoms with van der Waals surface area (Å²) in [5.74, 6) is 0.521. The van der Waals surface area contributed by atoms with Gasteiger partial charge in [0.25, 0.3) is 5.91 Å². The molecule has 2 atom stereocenters. The van der Waals surface area contributed by atoms with Gasteiger partial charge >= 0.3 is 6.18 Å². The Hall–Kier alpha value is -3.36. The predicted octanol–water partition coefficient (Wildman–Crippen LogP) is 5.16. The summed E-state index contributed by atoms with van der Waals surface area (Å²) in [6.45, 7) is 5.08. The number of carbonyl (C=O) groups is 1. The topological polar surface area (TPSA) is 63.1 Å². The number of likely N-dealkylation sites (tertiary alicyclic amines) is 1. The van der Waals surface area contributed by atoms with Crippen molar-refractivity contribution in [3.63, 3.8) is 0 Å². The van der Waals surface area contributed by atoms with Gasteiger partial charge in [-0.1, -0.05) is 24.6 Å². The van der Waals surface area contributed by atoms with Crippen LogP contribution in [0.5, 0.6) is 0 Å². The van der Waals surface area contributed by atoms with Crippen LogP contribution in [0.2, 0.25) is 0 Å². The van der Waals surface area contributed by atoms with E-state index in [0.717, 1.165) is 41.9 Å². The Labute approximate surface area is 196 Å². The van der Waals surface area contributed by atoms with Crippen molar-refractivity contribution < 1.29 is 18.0 Å². The molecule has 1 fully saturated rings. The third kappa shape index (κ3) is 4.93. The minimum atomic E-state index is -4.42. The molecule has 0 radical (unpaired) electrons. The molecule has 1 aliphatic rings. The number of nitrogens with zero attached hydrogens (tertiary/aromatic N) is 4. The normalized spacial score (nSPS) is 18.7. The molecule has 4 rings (SSSR count). The van der Waals surface area contributed by atoms with E-state index in [9.17, 15) is 18.0 Å². The highest BCUT2D eigenvalue weighted by Crippen LogP contribution is 2.31. The monoisotopic (exact) mass is 471 g/mol. The Morgan fingerprint density at radius 3 is 2.65 bits per heavy atom. The molecule has 3 aromatic rings. The number of anilines is 1. The number of aromatic nitrogens is 3.